The molecule has 5 atom stereocenters. The Kier molecular flexibility index (Phi) is 6.43. The van der Waals surface area contributed by atoms with Crippen LogP contribution in [0.4, 0.5) is 11.4 Å². The number of rotatable bonds is 7. The molecular weight excluding hydrogens is 462 g/mol. The van der Waals surface area contributed by atoms with Crippen molar-refractivity contribution < 1.29 is 14.3 Å². The van der Waals surface area contributed by atoms with Crippen molar-refractivity contribution >= 4 is 23.2 Å². The van der Waals surface area contributed by atoms with Gasteiger partial charge in [0.1, 0.15) is 0 Å². The minimum absolute atomic E-state index is 0.204. The van der Waals surface area contributed by atoms with Gasteiger partial charge in [-0.25, -0.2) is 0 Å². The molecule has 0 unspecified atom stereocenters. The van der Waals surface area contributed by atoms with Crippen LogP contribution in [-0.4, -0.2) is 32.1 Å². The number of carbonyl (C=O) groups excluding carboxylic acids is 2. The number of hydrogen-bond donors (Lipinski definition) is 3. The molecule has 3 aliphatic rings. The fourth-order valence-corrected chi connectivity index (χ4v) is 6.96. The summed E-state index contributed by atoms with van der Waals surface area (Å²) in [7, 11) is 1.59. The maximum Gasteiger partial charge on any atom is 0.255 e. The van der Waals surface area contributed by atoms with Gasteiger partial charge in [0.25, 0.3) is 11.8 Å². The lowest BCUT2D eigenvalue weighted by atomic mass is 9.68. The van der Waals surface area contributed by atoms with Crippen LogP contribution in [0.2, 0.25) is 0 Å². The van der Waals surface area contributed by atoms with Crippen LogP contribution in [0.3, 0.4) is 0 Å². The molecule has 1 heterocycles. The lowest BCUT2D eigenvalue weighted by Gasteiger charge is -2.43. The zero-order chi connectivity index (χ0) is 25.4. The number of amides is 2. The summed E-state index contributed by atoms with van der Waals surface area (Å²) in [6.07, 6.45) is 3.85. The van der Waals surface area contributed by atoms with Crippen LogP contribution in [0.25, 0.3) is 0 Å². The van der Waals surface area contributed by atoms with Gasteiger partial charge in [0.05, 0.1) is 23.9 Å². The molecule has 0 saturated heterocycles. The number of anilines is 2. The second kappa shape index (κ2) is 10.0. The van der Waals surface area contributed by atoms with Crippen LogP contribution in [-0.2, 0) is 4.74 Å². The van der Waals surface area contributed by atoms with E-state index in [1.807, 2.05) is 12.1 Å². The molecule has 2 amide bonds. The molecule has 2 fully saturated rings. The van der Waals surface area contributed by atoms with E-state index in [0.29, 0.717) is 53.8 Å². The van der Waals surface area contributed by atoms with Crippen molar-refractivity contribution in [2.45, 2.75) is 31.2 Å². The Morgan fingerprint density at radius 3 is 2.57 bits per heavy atom. The third kappa shape index (κ3) is 4.40. The third-order valence-corrected chi connectivity index (χ3v) is 8.52. The largest absolute Gasteiger partial charge is 0.383 e. The van der Waals surface area contributed by atoms with Gasteiger partial charge < -0.3 is 20.7 Å². The van der Waals surface area contributed by atoms with Gasteiger partial charge in [-0.2, -0.15) is 0 Å². The second-order valence-corrected chi connectivity index (χ2v) is 10.5. The molecular formula is C31H33N3O3. The van der Waals surface area contributed by atoms with Crippen LogP contribution in [0.5, 0.6) is 0 Å². The smallest absolute Gasteiger partial charge is 0.255 e. The highest BCUT2D eigenvalue weighted by atomic mass is 16.5. The summed E-state index contributed by atoms with van der Waals surface area (Å²) in [5, 5.41) is 9.65. The molecule has 2 bridgehead atoms. The molecule has 2 aliphatic carbocycles. The minimum atomic E-state index is -0.237. The average Bonchev–Trinajstić information content (AvgIpc) is 3.56. The lowest BCUT2D eigenvalue weighted by molar-refractivity contribution is 0.0938. The van der Waals surface area contributed by atoms with Gasteiger partial charge >= 0.3 is 0 Å². The molecule has 190 valence electrons. The summed E-state index contributed by atoms with van der Waals surface area (Å²) in [5.41, 5.74) is 5.30. The Bertz CT molecular complexity index is 1310. The predicted molar refractivity (Wildman–Crippen MR) is 145 cm³/mol. The first-order chi connectivity index (χ1) is 18.1. The van der Waals surface area contributed by atoms with Crippen molar-refractivity contribution in [3.8, 4) is 0 Å². The van der Waals surface area contributed by atoms with Gasteiger partial charge in [-0.1, -0.05) is 42.5 Å². The van der Waals surface area contributed by atoms with Gasteiger partial charge in [0, 0.05) is 24.9 Å². The molecule has 37 heavy (non-hydrogen) atoms. The third-order valence-electron chi connectivity index (χ3n) is 8.52. The monoisotopic (exact) mass is 495 g/mol. The van der Waals surface area contributed by atoms with E-state index in [1.165, 1.54) is 30.4 Å². The summed E-state index contributed by atoms with van der Waals surface area (Å²) in [6, 6.07) is 24.2. The molecule has 0 radical (unpaired) electrons. The molecule has 3 aromatic rings. The van der Waals surface area contributed by atoms with Crippen molar-refractivity contribution in [1.29, 1.82) is 0 Å². The molecule has 3 aromatic carbocycles. The average molecular weight is 496 g/mol. The number of ether oxygens (including phenoxy) is 1. The van der Waals surface area contributed by atoms with Crippen molar-refractivity contribution in [3.63, 3.8) is 0 Å². The SMILES string of the molecule is COCCNC(=O)c1ccccc1NC(=O)c1ccc2c(c1)[C@@H]1[C@@H]3CC[C@@H](C3)[C@@H]1[C@@H](c1ccccc1)N2. The van der Waals surface area contributed by atoms with Crippen molar-refractivity contribution in [3.05, 3.63) is 95.1 Å². The highest BCUT2D eigenvalue weighted by Gasteiger charge is 2.53. The number of fused-ring (bicyclic) bond motifs is 7. The van der Waals surface area contributed by atoms with E-state index in [-0.39, 0.29) is 11.8 Å². The van der Waals surface area contributed by atoms with Crippen LogP contribution < -0.4 is 16.0 Å². The van der Waals surface area contributed by atoms with Gasteiger partial charge in [-0.3, -0.25) is 9.59 Å². The molecule has 2 saturated carbocycles. The van der Waals surface area contributed by atoms with Crippen LogP contribution in [0.1, 0.15) is 63.1 Å². The van der Waals surface area contributed by atoms with E-state index in [4.69, 9.17) is 4.74 Å². The first-order valence-corrected chi connectivity index (χ1v) is 13.3. The fourth-order valence-electron chi connectivity index (χ4n) is 6.96. The molecule has 0 aromatic heterocycles. The summed E-state index contributed by atoms with van der Waals surface area (Å²) in [6.45, 7) is 0.836. The van der Waals surface area contributed by atoms with E-state index in [0.717, 1.165) is 11.6 Å². The number of benzene rings is 3. The van der Waals surface area contributed by atoms with E-state index >= 15 is 0 Å². The number of nitrogens with one attached hydrogen (secondary N) is 3. The number of methoxy groups -OCH3 is 1. The van der Waals surface area contributed by atoms with Gasteiger partial charge in [-0.15, -0.1) is 0 Å². The molecule has 6 rings (SSSR count). The van der Waals surface area contributed by atoms with Crippen molar-refractivity contribution in [2.24, 2.45) is 17.8 Å². The Morgan fingerprint density at radius 2 is 1.73 bits per heavy atom. The molecule has 1 aliphatic heterocycles. The lowest BCUT2D eigenvalue weighted by Crippen LogP contribution is -2.35. The number of carbonyl (C=O) groups is 2. The molecule has 6 nitrogen and oxygen atoms in total. The maximum absolute atomic E-state index is 13.4. The zero-order valence-corrected chi connectivity index (χ0v) is 21.1. The predicted octanol–water partition coefficient (Wildman–Crippen LogP) is 5.61. The molecule has 3 N–H and O–H groups in total. The first kappa shape index (κ1) is 23.7. The standard InChI is InChI=1S/C31H33N3O3/c1-37-16-15-32-31(36)23-9-5-6-10-25(23)34-30(35)22-13-14-26-24(18-22)27-20-11-12-21(17-20)28(27)29(33-26)19-7-3-2-4-8-19/h2-10,13-14,18,20-21,27-29,33H,11-12,15-17H2,1H3,(H,32,36)(H,34,35)/t20-,21+,27+,28+,29-/m1/s1. The second-order valence-electron chi connectivity index (χ2n) is 10.5. The van der Waals surface area contributed by atoms with E-state index in [1.54, 1.807) is 25.3 Å². The highest BCUT2D eigenvalue weighted by molar-refractivity contribution is 6.09. The minimum Gasteiger partial charge on any atom is -0.383 e. The highest BCUT2D eigenvalue weighted by Crippen LogP contribution is 2.63. The topological polar surface area (TPSA) is 79.5 Å². The Morgan fingerprint density at radius 1 is 0.946 bits per heavy atom. The fraction of sp³-hybridized carbons (Fsp3) is 0.355. The van der Waals surface area contributed by atoms with Gasteiger partial charge in [0.2, 0.25) is 0 Å². The molecule has 6 heteroatoms. The van der Waals surface area contributed by atoms with Gasteiger partial charge in [-0.05, 0) is 84.4 Å². The normalized spacial score (nSPS) is 25.1. The number of para-hydroxylation sites is 1. The summed E-state index contributed by atoms with van der Waals surface area (Å²) in [5.74, 6) is 1.97. The summed E-state index contributed by atoms with van der Waals surface area (Å²) >= 11 is 0. The van der Waals surface area contributed by atoms with E-state index < -0.39 is 0 Å². The Hall–Kier alpha value is -3.64. The summed E-state index contributed by atoms with van der Waals surface area (Å²) in [4.78, 5) is 26.1. The van der Waals surface area contributed by atoms with Crippen molar-refractivity contribution in [1.82, 2.24) is 5.32 Å². The van der Waals surface area contributed by atoms with Crippen LogP contribution in [0.15, 0.2) is 72.8 Å². The first-order valence-electron chi connectivity index (χ1n) is 13.3. The zero-order valence-electron chi connectivity index (χ0n) is 21.1. The van der Waals surface area contributed by atoms with Crippen LogP contribution in [0, 0.1) is 17.8 Å². The van der Waals surface area contributed by atoms with Crippen LogP contribution >= 0.6 is 0 Å². The number of hydrogen-bond acceptors (Lipinski definition) is 4. The Labute approximate surface area is 217 Å². The summed E-state index contributed by atoms with van der Waals surface area (Å²) < 4.78 is 5.02. The van der Waals surface area contributed by atoms with E-state index in [2.05, 4.69) is 58.4 Å². The quantitative estimate of drug-likeness (QED) is 0.372. The maximum atomic E-state index is 13.4. The van der Waals surface area contributed by atoms with Crippen molar-refractivity contribution in [2.75, 3.05) is 30.9 Å². The van der Waals surface area contributed by atoms with E-state index in [9.17, 15) is 9.59 Å². The molecule has 0 spiro atoms. The van der Waals surface area contributed by atoms with Gasteiger partial charge in [0.15, 0.2) is 0 Å². The Balaban J connectivity index is 1.27.